The number of carbonyl (C=O) groups excluding carboxylic acids is 2. The molecule has 2 N–H and O–H groups in total. The van der Waals surface area contributed by atoms with Gasteiger partial charge in [-0.25, -0.2) is 8.42 Å². The zero-order chi connectivity index (χ0) is 22.9. The SMILES string of the molecule is CCC1Oc2cc(S(=O)(=O)N3CCCC(C(=O)NC4CCCCC4)C3)c(C)cc2NC1=O. The molecule has 2 heterocycles. The van der Waals surface area contributed by atoms with Crippen LogP contribution in [0.15, 0.2) is 17.0 Å². The molecule has 32 heavy (non-hydrogen) atoms. The number of aryl methyl sites for hydroxylation is 1. The maximum Gasteiger partial charge on any atom is 0.265 e. The fourth-order valence-corrected chi connectivity index (χ4v) is 6.66. The molecule has 1 saturated carbocycles. The minimum atomic E-state index is -3.80. The minimum absolute atomic E-state index is 0.0317. The number of benzene rings is 1. The number of amides is 2. The monoisotopic (exact) mass is 463 g/mol. The molecule has 0 bridgehead atoms. The normalized spacial score (nSPS) is 24.9. The molecule has 9 heteroatoms. The summed E-state index contributed by atoms with van der Waals surface area (Å²) >= 11 is 0. The predicted molar refractivity (Wildman–Crippen MR) is 121 cm³/mol. The number of rotatable bonds is 5. The lowest BCUT2D eigenvalue weighted by atomic mass is 9.93. The van der Waals surface area contributed by atoms with Gasteiger partial charge in [-0.05, 0) is 50.7 Å². The summed E-state index contributed by atoms with van der Waals surface area (Å²) < 4.78 is 34.2. The van der Waals surface area contributed by atoms with Gasteiger partial charge in [0.05, 0.1) is 16.5 Å². The number of piperidine rings is 1. The molecule has 2 unspecified atom stereocenters. The number of nitrogens with one attached hydrogen (secondary N) is 2. The third-order valence-corrected chi connectivity index (χ3v) is 8.80. The first-order valence-electron chi connectivity index (χ1n) is 11.7. The van der Waals surface area contributed by atoms with Crippen LogP contribution < -0.4 is 15.4 Å². The van der Waals surface area contributed by atoms with Crippen molar-refractivity contribution < 1.29 is 22.7 Å². The van der Waals surface area contributed by atoms with Crippen LogP contribution in [0.2, 0.25) is 0 Å². The van der Waals surface area contributed by atoms with E-state index in [4.69, 9.17) is 4.74 Å². The van der Waals surface area contributed by atoms with Crippen molar-refractivity contribution >= 4 is 27.5 Å². The van der Waals surface area contributed by atoms with Crippen LogP contribution in [0.5, 0.6) is 5.75 Å². The Balaban J connectivity index is 1.51. The van der Waals surface area contributed by atoms with Gasteiger partial charge in [0.15, 0.2) is 6.10 Å². The van der Waals surface area contributed by atoms with Gasteiger partial charge in [0.1, 0.15) is 5.75 Å². The molecule has 2 fully saturated rings. The number of fused-ring (bicyclic) bond motifs is 1. The molecule has 1 aromatic rings. The molecule has 1 aromatic carbocycles. The lowest BCUT2D eigenvalue weighted by Gasteiger charge is -2.33. The second-order valence-electron chi connectivity index (χ2n) is 9.16. The topological polar surface area (TPSA) is 105 Å². The number of hydrogen-bond acceptors (Lipinski definition) is 5. The Hall–Kier alpha value is -2.13. The summed E-state index contributed by atoms with van der Waals surface area (Å²) in [6.45, 7) is 4.13. The van der Waals surface area contributed by atoms with Crippen LogP contribution >= 0.6 is 0 Å². The molecule has 0 radical (unpaired) electrons. The Morgan fingerprint density at radius 3 is 2.66 bits per heavy atom. The van der Waals surface area contributed by atoms with E-state index in [0.29, 0.717) is 42.8 Å². The fraction of sp³-hybridized carbons (Fsp3) is 0.652. The number of nitrogens with zero attached hydrogens (tertiary/aromatic N) is 1. The van der Waals surface area contributed by atoms with Gasteiger partial charge in [-0.2, -0.15) is 4.31 Å². The van der Waals surface area contributed by atoms with Crippen molar-refractivity contribution in [2.45, 2.75) is 82.3 Å². The van der Waals surface area contributed by atoms with Crippen molar-refractivity contribution in [2.24, 2.45) is 5.92 Å². The van der Waals surface area contributed by atoms with Crippen LogP contribution in [0.4, 0.5) is 5.69 Å². The highest BCUT2D eigenvalue weighted by Gasteiger charge is 2.36. The van der Waals surface area contributed by atoms with E-state index < -0.39 is 16.1 Å². The summed E-state index contributed by atoms with van der Waals surface area (Å²) in [5.41, 5.74) is 1.02. The molecular formula is C23H33N3O5S. The van der Waals surface area contributed by atoms with Crippen LogP contribution in [-0.2, 0) is 19.6 Å². The molecule has 2 atom stereocenters. The quantitative estimate of drug-likeness (QED) is 0.699. The maximum absolute atomic E-state index is 13.5. The standard InChI is InChI=1S/C23H33N3O5S/c1-3-19-23(28)25-18-12-15(2)21(13-20(18)31-19)32(29,30)26-11-7-8-16(14-26)22(27)24-17-9-5-4-6-10-17/h12-13,16-17,19H,3-11,14H2,1-2H3,(H,24,27)(H,25,28). The molecular weight excluding hydrogens is 430 g/mol. The average molecular weight is 464 g/mol. The second kappa shape index (κ2) is 9.39. The van der Waals surface area contributed by atoms with Gasteiger partial charge in [0.2, 0.25) is 15.9 Å². The smallest absolute Gasteiger partial charge is 0.265 e. The summed E-state index contributed by atoms with van der Waals surface area (Å²) in [6, 6.07) is 3.36. The van der Waals surface area contributed by atoms with Gasteiger partial charge in [0.25, 0.3) is 5.91 Å². The molecule has 0 aromatic heterocycles. The van der Waals surface area contributed by atoms with Gasteiger partial charge in [0, 0.05) is 25.2 Å². The van der Waals surface area contributed by atoms with Crippen LogP contribution in [0.1, 0.15) is 63.9 Å². The predicted octanol–water partition coefficient (Wildman–Crippen LogP) is 2.95. The summed E-state index contributed by atoms with van der Waals surface area (Å²) in [5, 5.41) is 5.94. The van der Waals surface area contributed by atoms with Crippen LogP contribution in [0.3, 0.4) is 0 Å². The van der Waals surface area contributed by atoms with Gasteiger partial charge in [-0.1, -0.05) is 26.2 Å². The minimum Gasteiger partial charge on any atom is -0.478 e. The third kappa shape index (κ3) is 4.64. The van der Waals surface area contributed by atoms with Crippen LogP contribution in [0, 0.1) is 12.8 Å². The van der Waals surface area contributed by atoms with Gasteiger partial charge in [-0.15, -0.1) is 0 Å². The van der Waals surface area contributed by atoms with Gasteiger partial charge < -0.3 is 15.4 Å². The Bertz CT molecular complexity index is 988. The molecule has 2 amide bonds. The number of anilines is 1. The van der Waals surface area contributed by atoms with Crippen molar-refractivity contribution in [3.63, 3.8) is 0 Å². The number of hydrogen-bond donors (Lipinski definition) is 2. The van der Waals surface area contributed by atoms with Crippen LogP contribution in [0.25, 0.3) is 0 Å². The Morgan fingerprint density at radius 2 is 1.94 bits per heavy atom. The lowest BCUT2D eigenvalue weighted by molar-refractivity contribution is -0.127. The van der Waals surface area contributed by atoms with E-state index in [1.165, 1.54) is 16.8 Å². The maximum atomic E-state index is 13.5. The Kier molecular flexibility index (Phi) is 6.76. The van der Waals surface area contributed by atoms with E-state index >= 15 is 0 Å². The number of ether oxygens (including phenoxy) is 1. The largest absolute Gasteiger partial charge is 0.478 e. The third-order valence-electron chi connectivity index (χ3n) is 6.79. The highest BCUT2D eigenvalue weighted by atomic mass is 32.2. The molecule has 0 spiro atoms. The Morgan fingerprint density at radius 1 is 1.19 bits per heavy atom. The Labute approximate surface area is 190 Å². The number of sulfonamides is 1. The first kappa shape index (κ1) is 23.0. The zero-order valence-electron chi connectivity index (χ0n) is 18.9. The first-order valence-corrected chi connectivity index (χ1v) is 13.2. The van der Waals surface area contributed by atoms with Crippen molar-refractivity contribution in [1.29, 1.82) is 0 Å². The van der Waals surface area contributed by atoms with Crippen LogP contribution in [-0.4, -0.2) is 49.8 Å². The van der Waals surface area contributed by atoms with Gasteiger partial charge in [-0.3, -0.25) is 9.59 Å². The molecule has 1 saturated heterocycles. The van der Waals surface area contributed by atoms with E-state index in [1.54, 1.807) is 13.0 Å². The summed E-state index contributed by atoms with van der Waals surface area (Å²) in [6.07, 6.45) is 6.69. The molecule has 1 aliphatic carbocycles. The lowest BCUT2D eigenvalue weighted by Crippen LogP contribution is -2.48. The van der Waals surface area contributed by atoms with Crippen molar-refractivity contribution in [3.05, 3.63) is 17.7 Å². The molecule has 2 aliphatic heterocycles. The van der Waals surface area contributed by atoms with E-state index in [-0.39, 0.29) is 35.2 Å². The fourth-order valence-electron chi connectivity index (χ4n) is 4.91. The van der Waals surface area contributed by atoms with E-state index in [1.807, 2.05) is 6.92 Å². The van der Waals surface area contributed by atoms with E-state index in [0.717, 1.165) is 25.7 Å². The first-order chi connectivity index (χ1) is 15.3. The summed E-state index contributed by atoms with van der Waals surface area (Å²) in [5.74, 6) is -0.226. The summed E-state index contributed by atoms with van der Waals surface area (Å²) in [4.78, 5) is 25.1. The zero-order valence-corrected chi connectivity index (χ0v) is 19.7. The van der Waals surface area contributed by atoms with Crippen molar-refractivity contribution in [1.82, 2.24) is 9.62 Å². The van der Waals surface area contributed by atoms with Crippen molar-refractivity contribution in [3.8, 4) is 5.75 Å². The summed E-state index contributed by atoms with van der Waals surface area (Å²) in [7, 11) is -3.80. The molecule has 176 valence electrons. The van der Waals surface area contributed by atoms with Gasteiger partial charge >= 0.3 is 0 Å². The van der Waals surface area contributed by atoms with E-state index in [2.05, 4.69) is 10.6 Å². The highest BCUT2D eigenvalue weighted by molar-refractivity contribution is 7.89. The van der Waals surface area contributed by atoms with Crippen molar-refractivity contribution in [2.75, 3.05) is 18.4 Å². The average Bonchev–Trinajstić information content (AvgIpc) is 2.79. The molecule has 8 nitrogen and oxygen atoms in total. The molecule has 3 aliphatic rings. The highest BCUT2D eigenvalue weighted by Crippen LogP contribution is 2.36. The molecule has 4 rings (SSSR count). The second-order valence-corrected chi connectivity index (χ2v) is 11.1. The number of carbonyl (C=O) groups is 2. The van der Waals surface area contributed by atoms with E-state index in [9.17, 15) is 18.0 Å².